The van der Waals surface area contributed by atoms with Crippen molar-refractivity contribution in [2.24, 2.45) is 21.5 Å². The number of carbonyl (C=O) groups is 2. The lowest BCUT2D eigenvalue weighted by Crippen LogP contribution is -2.63. The number of rotatable bonds is 5. The second-order valence-corrected chi connectivity index (χ2v) is 5.95. The van der Waals surface area contributed by atoms with Crippen molar-refractivity contribution in [2.75, 3.05) is 6.67 Å². The fraction of sp³-hybridized carbons (Fsp3) is 0.222. The first-order valence-electron chi connectivity index (χ1n) is 7.97. The Morgan fingerprint density at radius 2 is 2.08 bits per heavy atom. The molecule has 2 aliphatic rings. The van der Waals surface area contributed by atoms with Crippen LogP contribution in [0.25, 0.3) is 0 Å². The van der Waals surface area contributed by atoms with Gasteiger partial charge in [-0.15, -0.1) is 0 Å². The summed E-state index contributed by atoms with van der Waals surface area (Å²) in [4.78, 5) is 32.9. The van der Waals surface area contributed by atoms with Crippen molar-refractivity contribution >= 4 is 23.9 Å². The van der Waals surface area contributed by atoms with Crippen molar-refractivity contribution in [2.45, 2.75) is 19.1 Å². The molecule has 8 nitrogen and oxygen atoms in total. The molecule has 0 bridgehead atoms. The number of nitrogens with one attached hydrogen (secondary N) is 1. The van der Waals surface area contributed by atoms with Crippen molar-refractivity contribution in [3.8, 4) is 0 Å². The number of nitrogens with zero attached hydrogens (tertiary/aromatic N) is 2. The minimum absolute atomic E-state index is 0.0135. The van der Waals surface area contributed by atoms with Gasteiger partial charge in [0, 0.05) is 0 Å². The lowest BCUT2D eigenvalue weighted by atomic mass is 9.80. The number of primary amides is 1. The van der Waals surface area contributed by atoms with E-state index in [4.69, 9.17) is 16.2 Å². The fourth-order valence-corrected chi connectivity index (χ4v) is 2.86. The van der Waals surface area contributed by atoms with Gasteiger partial charge in [0.15, 0.2) is 11.3 Å². The van der Waals surface area contributed by atoms with Crippen LogP contribution in [0.3, 0.4) is 0 Å². The average molecular weight is 353 g/mol. The van der Waals surface area contributed by atoms with Crippen molar-refractivity contribution < 1.29 is 14.3 Å². The molecule has 1 unspecified atom stereocenters. The highest BCUT2D eigenvalue weighted by Gasteiger charge is 2.49. The number of carbonyl (C=O) groups excluding carboxylic acids is 2. The summed E-state index contributed by atoms with van der Waals surface area (Å²) in [6, 6.07) is 9.32. The van der Waals surface area contributed by atoms with E-state index in [0.29, 0.717) is 5.57 Å². The molecule has 0 fully saturated rings. The number of benzene rings is 1. The van der Waals surface area contributed by atoms with E-state index in [1.165, 1.54) is 12.4 Å². The molecule has 1 heterocycles. The molecule has 0 aromatic heterocycles. The molecule has 134 valence electrons. The van der Waals surface area contributed by atoms with Crippen LogP contribution in [-0.4, -0.2) is 36.1 Å². The summed E-state index contributed by atoms with van der Waals surface area (Å²) < 4.78 is 5.88. The van der Waals surface area contributed by atoms with E-state index in [0.717, 1.165) is 5.56 Å². The molecule has 3 rings (SSSR count). The Hall–Kier alpha value is -3.26. The molecule has 0 radical (unpaired) electrons. The van der Waals surface area contributed by atoms with Gasteiger partial charge in [-0.25, -0.2) is 4.99 Å². The fourth-order valence-electron chi connectivity index (χ4n) is 2.86. The molecule has 1 atom stereocenters. The molecule has 1 aliphatic heterocycles. The largest absolute Gasteiger partial charge is 0.489 e. The number of nitrogens with two attached hydrogens (primary N) is 2. The predicted molar refractivity (Wildman–Crippen MR) is 97.1 cm³/mol. The van der Waals surface area contributed by atoms with Gasteiger partial charge in [-0.3, -0.25) is 14.6 Å². The monoisotopic (exact) mass is 353 g/mol. The van der Waals surface area contributed by atoms with Crippen molar-refractivity contribution in [3.63, 3.8) is 0 Å². The Morgan fingerprint density at radius 3 is 2.69 bits per heavy atom. The Bertz CT molecular complexity index is 870. The smallest absolute Gasteiger partial charge is 0.252 e. The van der Waals surface area contributed by atoms with Crippen molar-refractivity contribution in [1.29, 1.82) is 0 Å². The summed E-state index contributed by atoms with van der Waals surface area (Å²) in [5.41, 5.74) is 11.5. The maximum atomic E-state index is 12.8. The van der Waals surface area contributed by atoms with Gasteiger partial charge >= 0.3 is 0 Å². The van der Waals surface area contributed by atoms with E-state index < -0.39 is 17.2 Å². The minimum atomic E-state index is -1.77. The van der Waals surface area contributed by atoms with Crippen LogP contribution in [0.5, 0.6) is 0 Å². The zero-order chi connectivity index (χ0) is 18.7. The zero-order valence-corrected chi connectivity index (χ0v) is 14.2. The van der Waals surface area contributed by atoms with E-state index in [-0.39, 0.29) is 30.4 Å². The van der Waals surface area contributed by atoms with Gasteiger partial charge in [0.2, 0.25) is 0 Å². The van der Waals surface area contributed by atoms with Crippen LogP contribution < -0.4 is 16.8 Å². The van der Waals surface area contributed by atoms with Crippen LogP contribution in [0.2, 0.25) is 0 Å². The van der Waals surface area contributed by atoms with Gasteiger partial charge in [0.05, 0.1) is 11.9 Å². The summed E-state index contributed by atoms with van der Waals surface area (Å²) >= 11 is 0. The van der Waals surface area contributed by atoms with E-state index in [1.54, 1.807) is 6.92 Å². The van der Waals surface area contributed by atoms with Crippen LogP contribution in [0.4, 0.5) is 0 Å². The Kier molecular flexibility index (Phi) is 4.68. The van der Waals surface area contributed by atoms with Crippen molar-refractivity contribution in [3.05, 3.63) is 58.9 Å². The lowest BCUT2D eigenvalue weighted by Gasteiger charge is -2.35. The van der Waals surface area contributed by atoms with Gasteiger partial charge in [-0.2, -0.15) is 0 Å². The summed E-state index contributed by atoms with van der Waals surface area (Å²) in [6.45, 7) is 1.85. The number of amides is 1. The van der Waals surface area contributed by atoms with Gasteiger partial charge < -0.3 is 21.5 Å². The molecule has 26 heavy (non-hydrogen) atoms. The normalized spacial score (nSPS) is 22.5. The highest BCUT2D eigenvalue weighted by atomic mass is 16.5. The molecule has 1 amide bonds. The maximum absolute atomic E-state index is 12.8. The Labute approximate surface area is 150 Å². The van der Waals surface area contributed by atoms with E-state index in [2.05, 4.69) is 15.3 Å². The average Bonchev–Trinajstić information content (AvgIpc) is 2.64. The number of aliphatic imine (C=N–C) groups is 2. The van der Waals surface area contributed by atoms with Crippen LogP contribution in [0.1, 0.15) is 12.5 Å². The molecule has 0 saturated heterocycles. The predicted octanol–water partition coefficient (Wildman–Crippen LogP) is 0.157. The molecule has 5 N–H and O–H groups in total. The zero-order valence-electron chi connectivity index (χ0n) is 14.2. The summed E-state index contributed by atoms with van der Waals surface area (Å²) in [5.74, 6) is -1.04. The van der Waals surface area contributed by atoms with Crippen LogP contribution >= 0.6 is 0 Å². The van der Waals surface area contributed by atoms with Gasteiger partial charge in [0.25, 0.3) is 5.91 Å². The molecule has 0 spiro atoms. The van der Waals surface area contributed by atoms with Gasteiger partial charge in [-0.05, 0) is 24.1 Å². The molecule has 0 saturated carbocycles. The van der Waals surface area contributed by atoms with Crippen LogP contribution in [-0.2, 0) is 20.9 Å². The molecular formula is C18H19N5O3. The van der Waals surface area contributed by atoms with Gasteiger partial charge in [0.1, 0.15) is 24.9 Å². The maximum Gasteiger partial charge on any atom is 0.252 e. The third-order valence-electron chi connectivity index (χ3n) is 4.16. The first kappa shape index (κ1) is 17.6. The number of hydrogen-bond acceptors (Lipinski definition) is 7. The first-order chi connectivity index (χ1) is 12.4. The quantitative estimate of drug-likeness (QED) is 0.693. The Morgan fingerprint density at radius 1 is 1.35 bits per heavy atom. The summed E-state index contributed by atoms with van der Waals surface area (Å²) in [6.07, 6.45) is 2.68. The lowest BCUT2D eigenvalue weighted by molar-refractivity contribution is -0.118. The number of ether oxygens (including phenoxy) is 1. The second kappa shape index (κ2) is 6.93. The highest BCUT2D eigenvalue weighted by Crippen LogP contribution is 2.32. The standard InChI is InChI=1S/C18H19N5O3/c1-11-7-13(24)18(20,17-22-9-21-10-23-17)15(14(11)16(19)25)26-8-12-5-3-2-4-6-12/h2-7,9H,8,10,20H2,1H3,(H2,19,25)(H,21,22,23). The minimum Gasteiger partial charge on any atom is -0.489 e. The number of ketones is 1. The summed E-state index contributed by atoms with van der Waals surface area (Å²) in [7, 11) is 0. The molecule has 1 aromatic rings. The Balaban J connectivity index is 2.07. The molecular weight excluding hydrogens is 334 g/mol. The summed E-state index contributed by atoms with van der Waals surface area (Å²) in [5, 5.41) is 2.78. The van der Waals surface area contributed by atoms with Crippen LogP contribution in [0.15, 0.2) is 63.3 Å². The third kappa shape index (κ3) is 3.02. The molecule has 1 aromatic carbocycles. The third-order valence-corrected chi connectivity index (χ3v) is 4.16. The second-order valence-electron chi connectivity index (χ2n) is 5.95. The SMILES string of the molecule is CC1=CC(=O)C(N)(C2=NCN=CN2)C(OCc2ccccc2)=C1C(N)=O. The highest BCUT2D eigenvalue weighted by molar-refractivity contribution is 6.24. The van der Waals surface area contributed by atoms with E-state index in [9.17, 15) is 9.59 Å². The topological polar surface area (TPSA) is 132 Å². The first-order valence-corrected chi connectivity index (χ1v) is 7.97. The van der Waals surface area contributed by atoms with Crippen LogP contribution in [0, 0.1) is 0 Å². The molecule has 1 aliphatic carbocycles. The molecule has 8 heteroatoms. The number of amidine groups is 1. The number of hydrogen-bond donors (Lipinski definition) is 3. The van der Waals surface area contributed by atoms with Crippen molar-refractivity contribution in [1.82, 2.24) is 5.32 Å². The van der Waals surface area contributed by atoms with E-state index >= 15 is 0 Å². The van der Waals surface area contributed by atoms with E-state index in [1.807, 2.05) is 30.3 Å². The van der Waals surface area contributed by atoms with Gasteiger partial charge in [-0.1, -0.05) is 30.3 Å².